The molecule has 1 rings (SSSR count). The predicted molar refractivity (Wildman–Crippen MR) is 113 cm³/mol. The third-order valence-electron chi connectivity index (χ3n) is 4.31. The minimum absolute atomic E-state index is 0. The lowest BCUT2D eigenvalue weighted by molar-refractivity contribution is -0.130. The Hall–Kier alpha value is -0.530. The van der Waals surface area contributed by atoms with E-state index >= 15 is 0 Å². The molecule has 0 bridgehead atoms. The average molecular weight is 452 g/mol. The summed E-state index contributed by atoms with van der Waals surface area (Å²) in [5.74, 6) is 2.01. The van der Waals surface area contributed by atoms with Crippen molar-refractivity contribution in [2.45, 2.75) is 59.8 Å². The Bertz CT molecular complexity index is 366. The number of unbranched alkanes of at least 4 members (excludes halogenated alkanes) is 3. The molecule has 5 nitrogen and oxygen atoms in total. The number of carbonyl (C=O) groups excluding carboxylic acids is 1. The highest BCUT2D eigenvalue weighted by Crippen LogP contribution is 2.09. The SMILES string of the molecule is CCNC(=NCCCCCCC(C)C)N1CCN(C(C)=O)CC1.I. The van der Waals surface area contributed by atoms with Gasteiger partial charge in [-0.05, 0) is 19.3 Å². The van der Waals surface area contributed by atoms with Gasteiger partial charge in [-0.2, -0.15) is 0 Å². The molecule has 0 radical (unpaired) electrons. The highest BCUT2D eigenvalue weighted by molar-refractivity contribution is 14.0. The summed E-state index contributed by atoms with van der Waals surface area (Å²) in [6, 6.07) is 0. The van der Waals surface area contributed by atoms with Gasteiger partial charge < -0.3 is 15.1 Å². The van der Waals surface area contributed by atoms with Crippen LogP contribution in [0.3, 0.4) is 0 Å². The van der Waals surface area contributed by atoms with Crippen LogP contribution in [0.2, 0.25) is 0 Å². The first kappa shape index (κ1) is 23.5. The molecule has 0 spiro atoms. The van der Waals surface area contributed by atoms with Crippen molar-refractivity contribution in [1.29, 1.82) is 0 Å². The maximum absolute atomic E-state index is 11.4. The number of amides is 1. The monoisotopic (exact) mass is 452 g/mol. The summed E-state index contributed by atoms with van der Waals surface area (Å²) < 4.78 is 0. The number of piperazine rings is 1. The van der Waals surface area contributed by atoms with Gasteiger partial charge in [0.15, 0.2) is 5.96 Å². The summed E-state index contributed by atoms with van der Waals surface area (Å²) in [5, 5.41) is 3.39. The van der Waals surface area contributed by atoms with Crippen molar-refractivity contribution < 1.29 is 4.79 Å². The smallest absolute Gasteiger partial charge is 0.219 e. The Balaban J connectivity index is 0.00000529. The molecule has 1 aliphatic rings. The largest absolute Gasteiger partial charge is 0.357 e. The van der Waals surface area contributed by atoms with Crippen molar-refractivity contribution in [3.63, 3.8) is 0 Å². The van der Waals surface area contributed by atoms with E-state index in [2.05, 4.69) is 31.0 Å². The molecule has 0 aliphatic carbocycles. The normalized spacial score (nSPS) is 15.5. The van der Waals surface area contributed by atoms with E-state index in [1.54, 1.807) is 6.92 Å². The van der Waals surface area contributed by atoms with Crippen molar-refractivity contribution in [3.8, 4) is 0 Å². The van der Waals surface area contributed by atoms with E-state index in [4.69, 9.17) is 4.99 Å². The predicted octanol–water partition coefficient (Wildman–Crippen LogP) is 3.34. The fraction of sp³-hybridized carbons (Fsp3) is 0.889. The zero-order chi connectivity index (χ0) is 17.1. The Morgan fingerprint density at radius 2 is 1.62 bits per heavy atom. The van der Waals surface area contributed by atoms with Crippen LogP contribution in [0.25, 0.3) is 0 Å². The number of nitrogens with one attached hydrogen (secondary N) is 1. The van der Waals surface area contributed by atoms with Crippen LogP contribution in [0, 0.1) is 5.92 Å². The Morgan fingerprint density at radius 3 is 2.17 bits per heavy atom. The first-order valence-electron chi connectivity index (χ1n) is 9.33. The standard InChI is InChI=1S/C18H36N4O.HI/c1-5-19-18(20-11-9-7-6-8-10-16(2)3)22-14-12-21(13-15-22)17(4)23;/h16H,5-15H2,1-4H3,(H,19,20);1H. The van der Waals surface area contributed by atoms with Crippen molar-refractivity contribution in [2.75, 3.05) is 39.3 Å². The van der Waals surface area contributed by atoms with Gasteiger partial charge in [0, 0.05) is 46.2 Å². The van der Waals surface area contributed by atoms with Crippen molar-refractivity contribution in [3.05, 3.63) is 0 Å². The second-order valence-electron chi connectivity index (χ2n) is 6.83. The maximum Gasteiger partial charge on any atom is 0.219 e. The van der Waals surface area contributed by atoms with E-state index < -0.39 is 0 Å². The van der Waals surface area contributed by atoms with Crippen LogP contribution < -0.4 is 5.32 Å². The molecule has 0 saturated carbocycles. The number of hydrogen-bond acceptors (Lipinski definition) is 2. The maximum atomic E-state index is 11.4. The molecule has 1 fully saturated rings. The third kappa shape index (κ3) is 9.69. The fourth-order valence-electron chi connectivity index (χ4n) is 2.86. The Labute approximate surface area is 165 Å². The van der Waals surface area contributed by atoms with Crippen LogP contribution in [-0.4, -0.2) is 60.9 Å². The minimum Gasteiger partial charge on any atom is -0.357 e. The van der Waals surface area contributed by atoms with Crippen LogP contribution in [0.5, 0.6) is 0 Å². The molecule has 0 aromatic rings. The molecule has 1 aliphatic heterocycles. The van der Waals surface area contributed by atoms with Crippen LogP contribution in [0.1, 0.15) is 59.8 Å². The van der Waals surface area contributed by atoms with E-state index in [9.17, 15) is 4.79 Å². The molecule has 0 aromatic carbocycles. The summed E-state index contributed by atoms with van der Waals surface area (Å²) in [4.78, 5) is 20.4. The van der Waals surface area contributed by atoms with Crippen LogP contribution in [-0.2, 0) is 4.79 Å². The van der Waals surface area contributed by atoms with Gasteiger partial charge in [-0.15, -0.1) is 24.0 Å². The number of carbonyl (C=O) groups is 1. The molecule has 142 valence electrons. The van der Waals surface area contributed by atoms with Gasteiger partial charge >= 0.3 is 0 Å². The molecule has 1 heterocycles. The van der Waals surface area contributed by atoms with Crippen LogP contribution in [0.15, 0.2) is 4.99 Å². The van der Waals surface area contributed by atoms with Crippen molar-refractivity contribution in [2.24, 2.45) is 10.9 Å². The lowest BCUT2D eigenvalue weighted by atomic mass is 10.0. The molecule has 0 aromatic heterocycles. The topological polar surface area (TPSA) is 47.9 Å². The molecule has 6 heteroatoms. The third-order valence-corrected chi connectivity index (χ3v) is 4.31. The Kier molecular flexibility index (Phi) is 13.4. The van der Waals surface area contributed by atoms with E-state index in [1.165, 1.54) is 32.1 Å². The number of aliphatic imine (C=N–C) groups is 1. The molecule has 1 N–H and O–H groups in total. The number of halogens is 1. The van der Waals surface area contributed by atoms with Gasteiger partial charge in [0.05, 0.1) is 0 Å². The van der Waals surface area contributed by atoms with E-state index in [0.29, 0.717) is 0 Å². The van der Waals surface area contributed by atoms with Gasteiger partial charge in [-0.1, -0.05) is 39.5 Å². The minimum atomic E-state index is 0. The lowest BCUT2D eigenvalue weighted by Crippen LogP contribution is -2.53. The van der Waals surface area contributed by atoms with Crippen LogP contribution in [0.4, 0.5) is 0 Å². The summed E-state index contributed by atoms with van der Waals surface area (Å²) >= 11 is 0. The van der Waals surface area contributed by atoms with E-state index in [1.807, 2.05) is 4.90 Å². The van der Waals surface area contributed by atoms with Gasteiger partial charge in [0.1, 0.15) is 0 Å². The zero-order valence-electron chi connectivity index (χ0n) is 16.0. The Morgan fingerprint density at radius 1 is 1.04 bits per heavy atom. The highest BCUT2D eigenvalue weighted by atomic mass is 127. The molecule has 1 saturated heterocycles. The fourth-order valence-corrected chi connectivity index (χ4v) is 2.86. The van der Waals surface area contributed by atoms with Crippen molar-refractivity contribution in [1.82, 2.24) is 15.1 Å². The molecular weight excluding hydrogens is 415 g/mol. The molecule has 0 unspecified atom stereocenters. The summed E-state index contributed by atoms with van der Waals surface area (Å²) in [6.07, 6.45) is 6.44. The molecule has 1 amide bonds. The van der Waals surface area contributed by atoms with Gasteiger partial charge in [-0.3, -0.25) is 9.79 Å². The second kappa shape index (κ2) is 13.7. The zero-order valence-corrected chi connectivity index (χ0v) is 18.3. The molecule has 24 heavy (non-hydrogen) atoms. The van der Waals surface area contributed by atoms with E-state index in [0.717, 1.165) is 51.1 Å². The molecular formula is C18H37IN4O. The average Bonchev–Trinajstić information content (AvgIpc) is 2.52. The van der Waals surface area contributed by atoms with Crippen LogP contribution >= 0.6 is 24.0 Å². The lowest BCUT2D eigenvalue weighted by Gasteiger charge is -2.36. The number of hydrogen-bond donors (Lipinski definition) is 1. The quantitative estimate of drug-likeness (QED) is 0.266. The van der Waals surface area contributed by atoms with Gasteiger partial charge in [0.25, 0.3) is 0 Å². The van der Waals surface area contributed by atoms with Gasteiger partial charge in [0.2, 0.25) is 5.91 Å². The first-order valence-corrected chi connectivity index (χ1v) is 9.33. The van der Waals surface area contributed by atoms with Crippen molar-refractivity contribution >= 4 is 35.8 Å². The summed E-state index contributed by atoms with van der Waals surface area (Å²) in [5.41, 5.74) is 0. The second-order valence-corrected chi connectivity index (χ2v) is 6.83. The highest BCUT2D eigenvalue weighted by Gasteiger charge is 2.20. The number of nitrogens with zero attached hydrogens (tertiary/aromatic N) is 3. The first-order chi connectivity index (χ1) is 11.0. The number of rotatable bonds is 8. The summed E-state index contributed by atoms with van der Waals surface area (Å²) in [7, 11) is 0. The van der Waals surface area contributed by atoms with Gasteiger partial charge in [-0.25, -0.2) is 0 Å². The number of guanidine groups is 1. The summed E-state index contributed by atoms with van der Waals surface area (Å²) in [6.45, 7) is 13.5. The molecule has 0 atom stereocenters. The van der Waals surface area contributed by atoms with E-state index in [-0.39, 0.29) is 29.9 Å².